The van der Waals surface area contributed by atoms with Crippen LogP contribution in [0.1, 0.15) is 37.8 Å². The minimum absolute atomic E-state index is 0.0512. The molecule has 0 aliphatic carbocycles. The number of aryl methyl sites for hydroxylation is 1. The summed E-state index contributed by atoms with van der Waals surface area (Å²) in [4.78, 5) is 14.1. The number of carbonyl (C=O) groups excluding carboxylic acids is 1. The fraction of sp³-hybridized carbons (Fsp3) is 0.643. The molecule has 106 valence electrons. The van der Waals surface area contributed by atoms with Crippen LogP contribution in [0.25, 0.3) is 0 Å². The van der Waals surface area contributed by atoms with Gasteiger partial charge in [0, 0.05) is 19.1 Å². The van der Waals surface area contributed by atoms with Crippen molar-refractivity contribution in [1.82, 2.24) is 10.2 Å². The van der Waals surface area contributed by atoms with Crippen molar-refractivity contribution in [3.8, 4) is 0 Å². The van der Waals surface area contributed by atoms with E-state index in [0.29, 0.717) is 6.54 Å². The van der Waals surface area contributed by atoms with E-state index in [-0.39, 0.29) is 24.0 Å². The summed E-state index contributed by atoms with van der Waals surface area (Å²) in [5, 5.41) is 2.91. The van der Waals surface area contributed by atoms with Gasteiger partial charge in [-0.1, -0.05) is 6.92 Å². The zero-order chi connectivity index (χ0) is 14.0. The number of rotatable bonds is 4. The monoisotopic (exact) mass is 265 g/mol. The number of furan rings is 1. The van der Waals surface area contributed by atoms with Crippen LogP contribution < -0.4 is 11.1 Å². The van der Waals surface area contributed by atoms with E-state index in [0.717, 1.165) is 24.5 Å². The smallest absolute Gasteiger partial charge is 0.237 e. The lowest BCUT2D eigenvalue weighted by Crippen LogP contribution is -2.58. The van der Waals surface area contributed by atoms with E-state index in [1.807, 2.05) is 32.9 Å². The summed E-state index contributed by atoms with van der Waals surface area (Å²) >= 11 is 0. The molecule has 0 spiro atoms. The highest BCUT2D eigenvalue weighted by Crippen LogP contribution is 2.29. The predicted molar refractivity (Wildman–Crippen MR) is 73.6 cm³/mol. The Morgan fingerprint density at radius 2 is 2.32 bits per heavy atom. The Hall–Kier alpha value is -1.33. The predicted octanol–water partition coefficient (Wildman–Crippen LogP) is 1.19. The summed E-state index contributed by atoms with van der Waals surface area (Å²) in [5.74, 6) is 1.80. The molecule has 1 amide bonds. The number of nitrogens with one attached hydrogen (secondary N) is 1. The first-order valence-corrected chi connectivity index (χ1v) is 6.90. The number of nitrogens with zero attached hydrogens (tertiary/aromatic N) is 1. The van der Waals surface area contributed by atoms with Crippen molar-refractivity contribution < 1.29 is 9.21 Å². The van der Waals surface area contributed by atoms with Gasteiger partial charge in [0.15, 0.2) is 0 Å². The molecule has 1 fully saturated rings. The summed E-state index contributed by atoms with van der Waals surface area (Å²) in [6, 6.07) is 3.63. The van der Waals surface area contributed by atoms with Crippen LogP contribution in [0.3, 0.4) is 0 Å². The van der Waals surface area contributed by atoms with Crippen LogP contribution in [0.4, 0.5) is 0 Å². The molecule has 5 heteroatoms. The standard InChI is InChI=1S/C14H23N3O2/c1-4-11-14(18)16-7-8-17(11)13(10(3)15)12-6-5-9(2)19-12/h5-6,10-11,13H,4,7-8,15H2,1-3H3,(H,16,18). The Labute approximate surface area is 114 Å². The molecule has 5 nitrogen and oxygen atoms in total. The summed E-state index contributed by atoms with van der Waals surface area (Å²) in [6.45, 7) is 7.37. The number of carbonyl (C=O) groups is 1. The molecule has 2 heterocycles. The van der Waals surface area contributed by atoms with Crippen LogP contribution in [-0.2, 0) is 4.79 Å². The third-order valence-corrected chi connectivity index (χ3v) is 3.67. The van der Waals surface area contributed by atoms with Crippen LogP contribution >= 0.6 is 0 Å². The molecular formula is C14H23N3O2. The molecule has 0 bridgehead atoms. The highest BCUT2D eigenvalue weighted by Gasteiger charge is 2.36. The second kappa shape index (κ2) is 5.75. The van der Waals surface area contributed by atoms with Gasteiger partial charge in [-0.2, -0.15) is 0 Å². The Morgan fingerprint density at radius 3 is 2.84 bits per heavy atom. The average Bonchev–Trinajstić information content (AvgIpc) is 2.76. The second-order valence-electron chi connectivity index (χ2n) is 5.21. The average molecular weight is 265 g/mol. The first kappa shape index (κ1) is 14.1. The first-order valence-electron chi connectivity index (χ1n) is 6.90. The van der Waals surface area contributed by atoms with Gasteiger partial charge in [0.25, 0.3) is 0 Å². The van der Waals surface area contributed by atoms with Crippen molar-refractivity contribution in [1.29, 1.82) is 0 Å². The number of amides is 1. The van der Waals surface area contributed by atoms with Gasteiger partial charge in [-0.25, -0.2) is 0 Å². The van der Waals surface area contributed by atoms with Crippen molar-refractivity contribution >= 4 is 5.91 Å². The summed E-state index contributed by atoms with van der Waals surface area (Å²) < 4.78 is 5.73. The van der Waals surface area contributed by atoms with Gasteiger partial charge in [-0.3, -0.25) is 9.69 Å². The molecule has 3 N–H and O–H groups in total. The van der Waals surface area contributed by atoms with Crippen LogP contribution in [0.5, 0.6) is 0 Å². The SMILES string of the molecule is CCC1C(=O)NCCN1C(c1ccc(C)o1)C(C)N. The van der Waals surface area contributed by atoms with Crippen molar-refractivity contribution in [2.75, 3.05) is 13.1 Å². The fourth-order valence-corrected chi connectivity index (χ4v) is 2.82. The van der Waals surface area contributed by atoms with Gasteiger partial charge in [-0.05, 0) is 32.4 Å². The topological polar surface area (TPSA) is 71.5 Å². The fourth-order valence-electron chi connectivity index (χ4n) is 2.82. The molecule has 19 heavy (non-hydrogen) atoms. The Kier molecular flexibility index (Phi) is 4.27. The van der Waals surface area contributed by atoms with E-state index in [2.05, 4.69) is 10.2 Å². The zero-order valence-corrected chi connectivity index (χ0v) is 11.8. The Morgan fingerprint density at radius 1 is 1.58 bits per heavy atom. The van der Waals surface area contributed by atoms with Gasteiger partial charge in [-0.15, -0.1) is 0 Å². The maximum Gasteiger partial charge on any atom is 0.237 e. The Balaban J connectivity index is 2.30. The second-order valence-corrected chi connectivity index (χ2v) is 5.21. The first-order chi connectivity index (χ1) is 9.04. The molecule has 0 saturated carbocycles. The van der Waals surface area contributed by atoms with Crippen molar-refractivity contribution in [2.24, 2.45) is 5.73 Å². The lowest BCUT2D eigenvalue weighted by Gasteiger charge is -2.40. The van der Waals surface area contributed by atoms with Crippen molar-refractivity contribution in [2.45, 2.75) is 45.3 Å². The number of piperazine rings is 1. The molecule has 1 aliphatic rings. The van der Waals surface area contributed by atoms with Crippen molar-refractivity contribution in [3.63, 3.8) is 0 Å². The van der Waals surface area contributed by atoms with E-state index >= 15 is 0 Å². The van der Waals surface area contributed by atoms with Gasteiger partial charge < -0.3 is 15.5 Å². The third-order valence-electron chi connectivity index (χ3n) is 3.67. The molecule has 3 atom stereocenters. The summed E-state index contributed by atoms with van der Waals surface area (Å²) in [5.41, 5.74) is 6.14. The maximum atomic E-state index is 12.0. The zero-order valence-electron chi connectivity index (χ0n) is 11.8. The molecule has 2 rings (SSSR count). The van der Waals surface area contributed by atoms with Crippen LogP contribution in [-0.4, -0.2) is 36.0 Å². The van der Waals surface area contributed by atoms with Gasteiger partial charge >= 0.3 is 0 Å². The minimum Gasteiger partial charge on any atom is -0.465 e. The van der Waals surface area contributed by atoms with Crippen LogP contribution in [0.15, 0.2) is 16.5 Å². The van der Waals surface area contributed by atoms with E-state index < -0.39 is 0 Å². The summed E-state index contributed by atoms with van der Waals surface area (Å²) in [6.07, 6.45) is 0.773. The van der Waals surface area contributed by atoms with E-state index in [9.17, 15) is 4.79 Å². The maximum absolute atomic E-state index is 12.0. The molecule has 1 saturated heterocycles. The van der Waals surface area contributed by atoms with E-state index in [1.165, 1.54) is 0 Å². The summed E-state index contributed by atoms with van der Waals surface area (Å²) in [7, 11) is 0. The molecule has 0 radical (unpaired) electrons. The highest BCUT2D eigenvalue weighted by molar-refractivity contribution is 5.82. The van der Waals surface area contributed by atoms with E-state index in [4.69, 9.17) is 10.2 Å². The molecule has 0 aromatic carbocycles. The minimum atomic E-state index is -0.129. The lowest BCUT2D eigenvalue weighted by molar-refractivity contribution is -0.131. The molecule has 1 aromatic heterocycles. The van der Waals surface area contributed by atoms with Crippen LogP contribution in [0, 0.1) is 6.92 Å². The number of nitrogens with two attached hydrogens (primary N) is 1. The van der Waals surface area contributed by atoms with Gasteiger partial charge in [0.1, 0.15) is 11.5 Å². The number of hydrogen-bond acceptors (Lipinski definition) is 4. The quantitative estimate of drug-likeness (QED) is 0.857. The Bertz CT molecular complexity index is 442. The van der Waals surface area contributed by atoms with E-state index in [1.54, 1.807) is 0 Å². The van der Waals surface area contributed by atoms with Crippen molar-refractivity contribution in [3.05, 3.63) is 23.7 Å². The molecule has 1 aliphatic heterocycles. The third kappa shape index (κ3) is 2.82. The molecule has 3 unspecified atom stereocenters. The normalized spacial score (nSPS) is 24.0. The van der Waals surface area contributed by atoms with Gasteiger partial charge in [0.05, 0.1) is 12.1 Å². The van der Waals surface area contributed by atoms with Gasteiger partial charge in [0.2, 0.25) is 5.91 Å². The lowest BCUT2D eigenvalue weighted by atomic mass is 10.00. The largest absolute Gasteiger partial charge is 0.465 e. The molecule has 1 aromatic rings. The number of hydrogen-bond donors (Lipinski definition) is 2. The van der Waals surface area contributed by atoms with Crippen LogP contribution in [0.2, 0.25) is 0 Å². The molecular weight excluding hydrogens is 242 g/mol. The highest BCUT2D eigenvalue weighted by atomic mass is 16.3.